The fourth-order valence-corrected chi connectivity index (χ4v) is 7.11. The Morgan fingerprint density at radius 3 is 2.36 bits per heavy atom. The number of aromatic carboxylic acids is 1. The Balaban J connectivity index is 1.34. The molecule has 0 radical (unpaired) electrons. The van der Waals surface area contributed by atoms with E-state index in [2.05, 4.69) is 38.6 Å². The Morgan fingerprint density at radius 1 is 0.897 bits per heavy atom. The summed E-state index contributed by atoms with van der Waals surface area (Å²) in [6.45, 7) is 3.92. The molecule has 6 rings (SSSR count). The van der Waals surface area contributed by atoms with Crippen LogP contribution in [0.2, 0.25) is 0 Å². The number of aromatic nitrogens is 1. The van der Waals surface area contributed by atoms with Crippen LogP contribution < -0.4 is 4.90 Å². The third-order valence-corrected chi connectivity index (χ3v) is 9.19. The minimum absolute atomic E-state index is 0.175. The molecule has 3 heterocycles. The molecule has 0 bridgehead atoms. The monoisotopic (exact) mass is 539 g/mol. The van der Waals surface area contributed by atoms with Gasteiger partial charge in [-0.2, -0.15) is 13.2 Å². The van der Waals surface area contributed by atoms with Gasteiger partial charge in [-0.25, -0.2) is 4.79 Å². The van der Waals surface area contributed by atoms with Crippen LogP contribution in [0.15, 0.2) is 42.5 Å². The molecule has 1 aromatic heterocycles. The van der Waals surface area contributed by atoms with E-state index in [9.17, 15) is 23.1 Å². The van der Waals surface area contributed by atoms with Crippen molar-refractivity contribution in [3.05, 3.63) is 53.6 Å². The molecule has 0 atom stereocenters. The smallest absolute Gasteiger partial charge is 0.391 e. The number of hydrogen-bond acceptors (Lipinski definition) is 3. The molecule has 208 valence electrons. The maximum Gasteiger partial charge on any atom is 0.391 e. The summed E-state index contributed by atoms with van der Waals surface area (Å²) in [5.74, 6) is -1.65. The molecule has 1 saturated heterocycles. The number of likely N-dealkylation sites (tertiary alicyclic amines) is 1. The van der Waals surface area contributed by atoms with E-state index in [0.29, 0.717) is 24.6 Å². The number of piperidine rings is 1. The second-order valence-corrected chi connectivity index (χ2v) is 11.4. The summed E-state index contributed by atoms with van der Waals surface area (Å²) < 4.78 is 41.8. The Bertz CT molecular complexity index is 1350. The van der Waals surface area contributed by atoms with E-state index >= 15 is 0 Å². The van der Waals surface area contributed by atoms with Gasteiger partial charge in [-0.1, -0.05) is 43.5 Å². The quantitative estimate of drug-likeness (QED) is 0.374. The van der Waals surface area contributed by atoms with Gasteiger partial charge in [0.1, 0.15) is 0 Å². The number of anilines is 1. The standard InChI is InChI=1S/C31H36F3N3O2/c32-31(33,34)23-12-14-35(15-13-23)16-17-36-18-19-37-27-20-22(30(38)39)10-11-24(27)28(21-6-2-1-3-7-21)29(37)25-8-4-5-9-26(25)36/h4-5,8-11,20-21,23H,1-3,6-7,12-19H2,(H,38,39). The maximum atomic E-state index is 13.1. The summed E-state index contributed by atoms with van der Waals surface area (Å²) in [6, 6.07) is 14.0. The van der Waals surface area contributed by atoms with Crippen LogP contribution in [0.3, 0.4) is 0 Å². The Kier molecular flexibility index (Phi) is 7.08. The van der Waals surface area contributed by atoms with Crippen molar-refractivity contribution < 1.29 is 23.1 Å². The third-order valence-electron chi connectivity index (χ3n) is 9.19. The highest BCUT2D eigenvalue weighted by Gasteiger charge is 2.41. The molecule has 2 aromatic carbocycles. The van der Waals surface area contributed by atoms with Crippen molar-refractivity contribution in [2.24, 2.45) is 5.92 Å². The fraction of sp³-hybridized carbons (Fsp3) is 0.516. The average Bonchev–Trinajstić information content (AvgIpc) is 3.17. The molecule has 8 heteroatoms. The number of carbonyl (C=O) groups is 1. The molecule has 1 N–H and O–H groups in total. The van der Waals surface area contributed by atoms with Crippen molar-refractivity contribution in [1.29, 1.82) is 0 Å². The summed E-state index contributed by atoms with van der Waals surface area (Å²) in [4.78, 5) is 16.4. The highest BCUT2D eigenvalue weighted by atomic mass is 19.4. The predicted molar refractivity (Wildman–Crippen MR) is 148 cm³/mol. The van der Waals surface area contributed by atoms with E-state index < -0.39 is 18.1 Å². The molecule has 39 heavy (non-hydrogen) atoms. The first kappa shape index (κ1) is 26.2. The molecule has 1 aliphatic carbocycles. The molecule has 3 aliphatic rings. The molecular formula is C31H36F3N3O2. The van der Waals surface area contributed by atoms with Crippen LogP contribution in [-0.4, -0.2) is 59.4 Å². The molecule has 0 spiro atoms. The predicted octanol–water partition coefficient (Wildman–Crippen LogP) is 7.15. The number of carboxylic acid groups (broad SMARTS) is 1. The third kappa shape index (κ3) is 5.04. The van der Waals surface area contributed by atoms with Crippen LogP contribution >= 0.6 is 0 Å². The van der Waals surface area contributed by atoms with Crippen molar-refractivity contribution in [3.8, 4) is 11.3 Å². The van der Waals surface area contributed by atoms with Crippen LogP contribution in [0.25, 0.3) is 22.2 Å². The summed E-state index contributed by atoms with van der Waals surface area (Å²) in [7, 11) is 0. The molecule has 0 unspecified atom stereocenters. The van der Waals surface area contributed by atoms with Crippen LogP contribution in [0.5, 0.6) is 0 Å². The minimum Gasteiger partial charge on any atom is -0.478 e. The van der Waals surface area contributed by atoms with E-state index in [1.54, 1.807) is 6.07 Å². The summed E-state index contributed by atoms with van der Waals surface area (Å²) in [6.07, 6.45) is 2.23. The van der Waals surface area contributed by atoms with Gasteiger partial charge >= 0.3 is 12.1 Å². The van der Waals surface area contributed by atoms with E-state index in [1.165, 1.54) is 36.1 Å². The molecule has 3 aromatic rings. The van der Waals surface area contributed by atoms with Gasteiger partial charge in [-0.3, -0.25) is 0 Å². The van der Waals surface area contributed by atoms with Crippen molar-refractivity contribution in [1.82, 2.24) is 9.47 Å². The second kappa shape index (κ2) is 10.5. The van der Waals surface area contributed by atoms with Gasteiger partial charge in [-0.15, -0.1) is 0 Å². The van der Waals surface area contributed by atoms with Crippen molar-refractivity contribution >= 4 is 22.6 Å². The van der Waals surface area contributed by atoms with Crippen LogP contribution in [0, 0.1) is 5.92 Å². The van der Waals surface area contributed by atoms with Gasteiger partial charge < -0.3 is 19.5 Å². The Hall–Kier alpha value is -3.00. The maximum absolute atomic E-state index is 13.1. The zero-order chi connectivity index (χ0) is 27.1. The fourth-order valence-electron chi connectivity index (χ4n) is 7.11. The normalized spacial score (nSPS) is 19.6. The zero-order valence-corrected chi connectivity index (χ0v) is 22.2. The Labute approximate surface area is 227 Å². The zero-order valence-electron chi connectivity index (χ0n) is 22.2. The first-order valence-electron chi connectivity index (χ1n) is 14.3. The number of rotatable bonds is 5. The van der Waals surface area contributed by atoms with Gasteiger partial charge in [-0.05, 0) is 68.5 Å². The van der Waals surface area contributed by atoms with E-state index in [4.69, 9.17) is 0 Å². The minimum atomic E-state index is -4.09. The first-order chi connectivity index (χ1) is 18.8. The van der Waals surface area contributed by atoms with E-state index in [-0.39, 0.29) is 12.8 Å². The highest BCUT2D eigenvalue weighted by molar-refractivity contribution is 5.99. The SMILES string of the molecule is O=C(O)c1ccc2c(C3CCCCC3)c3n(c2c1)CCN(CCN1CCC(C(F)(F)F)CC1)c1ccccc1-3. The molecule has 2 fully saturated rings. The van der Waals surface area contributed by atoms with Crippen molar-refractivity contribution in [2.45, 2.75) is 63.6 Å². The molecular weight excluding hydrogens is 503 g/mol. The number of para-hydroxylation sites is 1. The molecule has 2 aliphatic heterocycles. The summed E-state index contributed by atoms with van der Waals surface area (Å²) in [5.41, 5.74) is 6.17. The number of benzene rings is 2. The number of hydrogen-bond donors (Lipinski definition) is 1. The topological polar surface area (TPSA) is 48.7 Å². The lowest BCUT2D eigenvalue weighted by atomic mass is 9.81. The van der Waals surface area contributed by atoms with Gasteiger partial charge in [0.25, 0.3) is 0 Å². The van der Waals surface area contributed by atoms with Crippen molar-refractivity contribution in [2.75, 3.05) is 37.6 Å². The van der Waals surface area contributed by atoms with Gasteiger partial charge in [0, 0.05) is 48.3 Å². The van der Waals surface area contributed by atoms with Crippen LogP contribution in [0.1, 0.15) is 66.8 Å². The van der Waals surface area contributed by atoms with Gasteiger partial charge in [0.15, 0.2) is 0 Å². The number of nitrogens with zero attached hydrogens (tertiary/aromatic N) is 3. The average molecular weight is 540 g/mol. The van der Waals surface area contributed by atoms with Gasteiger partial charge in [0.05, 0.1) is 17.2 Å². The number of carboxylic acids is 1. The molecule has 0 amide bonds. The van der Waals surface area contributed by atoms with Crippen molar-refractivity contribution in [3.63, 3.8) is 0 Å². The first-order valence-corrected chi connectivity index (χ1v) is 14.3. The summed E-state index contributed by atoms with van der Waals surface area (Å²) >= 11 is 0. The summed E-state index contributed by atoms with van der Waals surface area (Å²) in [5, 5.41) is 10.9. The lowest BCUT2D eigenvalue weighted by Gasteiger charge is -2.34. The van der Waals surface area contributed by atoms with Crippen LogP contribution in [0.4, 0.5) is 18.9 Å². The highest BCUT2D eigenvalue weighted by Crippen LogP contribution is 2.47. The lowest BCUT2D eigenvalue weighted by Crippen LogP contribution is -2.43. The number of fused-ring (bicyclic) bond motifs is 5. The second-order valence-electron chi connectivity index (χ2n) is 11.4. The van der Waals surface area contributed by atoms with E-state index in [1.807, 2.05) is 12.1 Å². The molecule has 5 nitrogen and oxygen atoms in total. The number of alkyl halides is 3. The van der Waals surface area contributed by atoms with Crippen LogP contribution in [-0.2, 0) is 6.54 Å². The largest absolute Gasteiger partial charge is 0.478 e. The molecule has 1 saturated carbocycles. The number of halogens is 3. The lowest BCUT2D eigenvalue weighted by molar-refractivity contribution is -0.184. The van der Waals surface area contributed by atoms with E-state index in [0.717, 1.165) is 55.6 Å². The van der Waals surface area contributed by atoms with Gasteiger partial charge in [0.2, 0.25) is 0 Å². The Morgan fingerprint density at radius 2 is 1.64 bits per heavy atom.